The number of aryl methyl sites for hydroxylation is 1. The van der Waals surface area contributed by atoms with Crippen LogP contribution in [-0.2, 0) is 11.1 Å². The summed E-state index contributed by atoms with van der Waals surface area (Å²) >= 11 is 0. The average Bonchev–Trinajstić information content (AvgIpc) is 3.02. The van der Waals surface area contributed by atoms with E-state index in [0.717, 1.165) is 48.0 Å². The van der Waals surface area contributed by atoms with E-state index in [9.17, 15) is 14.4 Å². The third-order valence-corrected chi connectivity index (χ3v) is 5.66. The van der Waals surface area contributed by atoms with E-state index < -0.39 is 7.60 Å². The van der Waals surface area contributed by atoms with Gasteiger partial charge in [-0.15, -0.1) is 0 Å². The van der Waals surface area contributed by atoms with Crippen molar-refractivity contribution in [3.8, 4) is 0 Å². The maximum absolute atomic E-state index is 11.6. The standard InChI is InChI=1S/C19H26N5O3P/c1-3-4-5-9-21-18-17-16(22-19(20)23-18)8-10-24(17)12-14-11-15(28(25,26)27)7-6-13(14)2/h6-8,10-11H,3-5,9,12H2,1-2H3,(H2,25,26,27)(H3,20,21,22,23). The Morgan fingerprint density at radius 3 is 2.71 bits per heavy atom. The molecule has 0 saturated carbocycles. The quantitative estimate of drug-likeness (QED) is 0.336. The number of nitrogens with two attached hydrogens (primary N) is 1. The van der Waals surface area contributed by atoms with Crippen molar-refractivity contribution in [3.05, 3.63) is 41.6 Å². The molecule has 0 radical (unpaired) electrons. The van der Waals surface area contributed by atoms with E-state index in [0.29, 0.717) is 12.4 Å². The molecule has 28 heavy (non-hydrogen) atoms. The van der Waals surface area contributed by atoms with Crippen LogP contribution in [0.25, 0.3) is 11.0 Å². The number of aromatic nitrogens is 3. The number of nitrogens with one attached hydrogen (secondary N) is 1. The van der Waals surface area contributed by atoms with Gasteiger partial charge in [0.05, 0.1) is 10.8 Å². The van der Waals surface area contributed by atoms with Gasteiger partial charge in [0.15, 0.2) is 5.82 Å². The zero-order chi connectivity index (χ0) is 20.3. The lowest BCUT2D eigenvalue weighted by molar-refractivity contribution is 0.387. The molecule has 0 saturated heterocycles. The van der Waals surface area contributed by atoms with Crippen molar-refractivity contribution >= 4 is 35.7 Å². The minimum atomic E-state index is -4.30. The maximum Gasteiger partial charge on any atom is 0.356 e. The normalized spacial score (nSPS) is 11.9. The Kier molecular flexibility index (Phi) is 6.03. The van der Waals surface area contributed by atoms with Crippen LogP contribution in [0, 0.1) is 6.92 Å². The highest BCUT2D eigenvalue weighted by molar-refractivity contribution is 7.60. The highest BCUT2D eigenvalue weighted by Gasteiger charge is 2.19. The molecule has 5 N–H and O–H groups in total. The molecule has 0 aliphatic carbocycles. The molecule has 2 aromatic heterocycles. The van der Waals surface area contributed by atoms with Gasteiger partial charge >= 0.3 is 7.60 Å². The van der Waals surface area contributed by atoms with E-state index in [1.807, 2.05) is 23.8 Å². The Morgan fingerprint density at radius 1 is 1.21 bits per heavy atom. The number of hydrogen-bond acceptors (Lipinski definition) is 5. The lowest BCUT2D eigenvalue weighted by Gasteiger charge is -2.14. The first kappa shape index (κ1) is 20.3. The van der Waals surface area contributed by atoms with Crippen LogP contribution in [0.1, 0.15) is 37.3 Å². The first-order valence-electron chi connectivity index (χ1n) is 9.31. The van der Waals surface area contributed by atoms with E-state index in [2.05, 4.69) is 22.2 Å². The van der Waals surface area contributed by atoms with Crippen LogP contribution in [0.15, 0.2) is 30.5 Å². The lowest BCUT2D eigenvalue weighted by Crippen LogP contribution is -2.11. The topological polar surface area (TPSA) is 126 Å². The van der Waals surface area contributed by atoms with Crippen molar-refractivity contribution in [1.82, 2.24) is 14.5 Å². The van der Waals surface area contributed by atoms with Crippen LogP contribution in [0.3, 0.4) is 0 Å². The number of fused-ring (bicyclic) bond motifs is 1. The molecule has 0 atom stereocenters. The Hall–Kier alpha value is -2.41. The molecule has 9 heteroatoms. The fraction of sp³-hybridized carbons (Fsp3) is 0.368. The second-order valence-electron chi connectivity index (χ2n) is 6.90. The van der Waals surface area contributed by atoms with Gasteiger partial charge in [-0.05, 0) is 42.7 Å². The van der Waals surface area contributed by atoms with Gasteiger partial charge in [-0.2, -0.15) is 4.98 Å². The van der Waals surface area contributed by atoms with Crippen LogP contribution in [0.2, 0.25) is 0 Å². The minimum Gasteiger partial charge on any atom is -0.368 e. The van der Waals surface area contributed by atoms with Crippen molar-refractivity contribution in [1.29, 1.82) is 0 Å². The number of nitrogen functional groups attached to an aromatic ring is 1. The highest BCUT2D eigenvalue weighted by atomic mass is 31.2. The van der Waals surface area contributed by atoms with E-state index in [-0.39, 0.29) is 11.3 Å². The molecular weight excluding hydrogens is 377 g/mol. The molecule has 150 valence electrons. The Morgan fingerprint density at radius 2 is 2.00 bits per heavy atom. The van der Waals surface area contributed by atoms with Crippen LogP contribution in [0.5, 0.6) is 0 Å². The summed E-state index contributed by atoms with van der Waals surface area (Å²) in [5.74, 6) is 0.885. The summed E-state index contributed by atoms with van der Waals surface area (Å²) in [6, 6.07) is 6.63. The van der Waals surface area contributed by atoms with Gasteiger partial charge < -0.3 is 25.4 Å². The molecule has 0 aliphatic rings. The Balaban J connectivity index is 1.97. The molecule has 0 amide bonds. The van der Waals surface area contributed by atoms with Gasteiger partial charge in [0.1, 0.15) is 5.52 Å². The second kappa shape index (κ2) is 8.31. The number of benzene rings is 1. The summed E-state index contributed by atoms with van der Waals surface area (Å²) in [7, 11) is -4.30. The zero-order valence-corrected chi connectivity index (χ0v) is 17.0. The van der Waals surface area contributed by atoms with Gasteiger partial charge in [-0.1, -0.05) is 25.8 Å². The molecule has 0 bridgehead atoms. The number of hydrogen-bond donors (Lipinski definition) is 4. The summed E-state index contributed by atoms with van der Waals surface area (Å²) in [5.41, 5.74) is 9.18. The van der Waals surface area contributed by atoms with E-state index in [1.165, 1.54) is 6.07 Å². The van der Waals surface area contributed by atoms with Crippen molar-refractivity contribution in [2.45, 2.75) is 39.7 Å². The molecule has 3 rings (SSSR count). The monoisotopic (exact) mass is 403 g/mol. The third-order valence-electron chi connectivity index (χ3n) is 4.71. The van der Waals surface area contributed by atoms with Gasteiger partial charge in [0.25, 0.3) is 0 Å². The van der Waals surface area contributed by atoms with Crippen molar-refractivity contribution in [2.24, 2.45) is 0 Å². The molecule has 0 fully saturated rings. The van der Waals surface area contributed by atoms with Crippen LogP contribution in [0.4, 0.5) is 11.8 Å². The van der Waals surface area contributed by atoms with Crippen molar-refractivity contribution in [3.63, 3.8) is 0 Å². The summed E-state index contributed by atoms with van der Waals surface area (Å²) in [6.45, 7) is 5.31. The molecule has 0 spiro atoms. The molecule has 1 aromatic carbocycles. The van der Waals surface area contributed by atoms with Crippen LogP contribution in [-0.4, -0.2) is 30.9 Å². The maximum atomic E-state index is 11.6. The molecule has 3 aromatic rings. The van der Waals surface area contributed by atoms with E-state index >= 15 is 0 Å². The summed E-state index contributed by atoms with van der Waals surface area (Å²) in [4.78, 5) is 27.6. The SMILES string of the molecule is CCCCCNc1nc(N)nc2ccn(Cc3cc(P(=O)(O)O)ccc3C)c12. The zero-order valence-electron chi connectivity index (χ0n) is 16.1. The first-order chi connectivity index (χ1) is 13.3. The van der Waals surface area contributed by atoms with Gasteiger partial charge in [0, 0.05) is 19.3 Å². The highest BCUT2D eigenvalue weighted by Crippen LogP contribution is 2.34. The molecular formula is C19H26N5O3P. The predicted octanol–water partition coefficient (Wildman–Crippen LogP) is 2.78. The molecule has 0 aliphatic heterocycles. The largest absolute Gasteiger partial charge is 0.368 e. The van der Waals surface area contributed by atoms with Crippen molar-refractivity contribution in [2.75, 3.05) is 17.6 Å². The second-order valence-corrected chi connectivity index (χ2v) is 8.50. The lowest BCUT2D eigenvalue weighted by atomic mass is 10.1. The summed E-state index contributed by atoms with van der Waals surface area (Å²) in [6.07, 6.45) is 5.19. The van der Waals surface area contributed by atoms with Crippen molar-refractivity contribution < 1.29 is 14.4 Å². The van der Waals surface area contributed by atoms with Gasteiger partial charge in [0.2, 0.25) is 5.95 Å². The van der Waals surface area contributed by atoms with Crippen LogP contribution >= 0.6 is 7.60 Å². The fourth-order valence-electron chi connectivity index (χ4n) is 3.15. The van der Waals surface area contributed by atoms with Gasteiger partial charge in [-0.25, -0.2) is 4.98 Å². The fourth-order valence-corrected chi connectivity index (χ4v) is 3.75. The number of anilines is 2. The van der Waals surface area contributed by atoms with E-state index in [1.54, 1.807) is 12.1 Å². The number of unbranched alkanes of at least 4 members (excludes halogenated alkanes) is 2. The van der Waals surface area contributed by atoms with Crippen LogP contribution < -0.4 is 16.4 Å². The minimum absolute atomic E-state index is 0.0166. The third kappa shape index (κ3) is 4.52. The van der Waals surface area contributed by atoms with Gasteiger partial charge in [-0.3, -0.25) is 4.57 Å². The summed E-state index contributed by atoms with van der Waals surface area (Å²) < 4.78 is 13.6. The molecule has 8 nitrogen and oxygen atoms in total. The summed E-state index contributed by atoms with van der Waals surface area (Å²) in [5, 5.41) is 3.37. The Bertz CT molecular complexity index is 1030. The molecule has 0 unspecified atom stereocenters. The predicted molar refractivity (Wildman–Crippen MR) is 112 cm³/mol. The number of nitrogens with zero attached hydrogens (tertiary/aromatic N) is 3. The molecule has 2 heterocycles. The Labute approximate surface area is 164 Å². The first-order valence-corrected chi connectivity index (χ1v) is 10.9. The van der Waals surface area contributed by atoms with E-state index in [4.69, 9.17) is 5.73 Å². The number of rotatable bonds is 8. The smallest absolute Gasteiger partial charge is 0.356 e. The average molecular weight is 403 g/mol.